The van der Waals surface area contributed by atoms with Crippen LogP contribution in [0.25, 0.3) is 11.2 Å². The van der Waals surface area contributed by atoms with Crippen molar-refractivity contribution in [1.29, 1.82) is 0 Å². The van der Waals surface area contributed by atoms with E-state index in [2.05, 4.69) is 16.5 Å². The van der Waals surface area contributed by atoms with Gasteiger partial charge in [0, 0.05) is 37.3 Å². The van der Waals surface area contributed by atoms with Gasteiger partial charge in [-0.25, -0.2) is 14.4 Å². The van der Waals surface area contributed by atoms with Crippen LogP contribution in [-0.4, -0.2) is 38.4 Å². The predicted molar refractivity (Wildman–Crippen MR) is 97.5 cm³/mol. The minimum Gasteiger partial charge on any atom is -0.338 e. The number of amides is 1. The molecular formula is C20H21FN4O. The van der Waals surface area contributed by atoms with Crippen molar-refractivity contribution in [1.82, 2.24) is 19.4 Å². The molecule has 1 saturated heterocycles. The van der Waals surface area contributed by atoms with Gasteiger partial charge >= 0.3 is 0 Å². The molecule has 1 atom stereocenters. The van der Waals surface area contributed by atoms with E-state index >= 15 is 0 Å². The number of imidazole rings is 1. The zero-order valence-electron chi connectivity index (χ0n) is 14.7. The van der Waals surface area contributed by atoms with E-state index in [9.17, 15) is 9.18 Å². The number of aryl methyl sites for hydroxylation is 1. The quantitative estimate of drug-likeness (QED) is 0.721. The number of halogens is 1. The van der Waals surface area contributed by atoms with Gasteiger partial charge < -0.3 is 9.47 Å². The molecule has 3 heterocycles. The minimum atomic E-state index is -0.387. The first-order valence-corrected chi connectivity index (χ1v) is 9.03. The van der Waals surface area contributed by atoms with E-state index in [1.807, 2.05) is 12.1 Å². The van der Waals surface area contributed by atoms with Gasteiger partial charge in [-0.1, -0.05) is 13.0 Å². The third-order valence-corrected chi connectivity index (χ3v) is 4.89. The number of nitrogens with zero attached hydrogens (tertiary/aromatic N) is 4. The van der Waals surface area contributed by atoms with Crippen molar-refractivity contribution in [3.8, 4) is 0 Å². The van der Waals surface area contributed by atoms with E-state index in [-0.39, 0.29) is 17.6 Å². The van der Waals surface area contributed by atoms with Gasteiger partial charge in [-0.3, -0.25) is 4.79 Å². The second kappa shape index (κ2) is 6.86. The smallest absolute Gasteiger partial charge is 0.253 e. The van der Waals surface area contributed by atoms with Crippen LogP contribution in [0.3, 0.4) is 0 Å². The molecule has 1 unspecified atom stereocenters. The average molecular weight is 352 g/mol. The molecule has 0 aliphatic carbocycles. The molecule has 1 amide bonds. The third kappa shape index (κ3) is 2.96. The van der Waals surface area contributed by atoms with Crippen molar-refractivity contribution in [2.75, 3.05) is 13.1 Å². The van der Waals surface area contributed by atoms with Gasteiger partial charge in [-0.2, -0.15) is 0 Å². The van der Waals surface area contributed by atoms with Crippen LogP contribution in [0.5, 0.6) is 0 Å². The molecule has 0 saturated carbocycles. The average Bonchev–Trinajstić information content (AvgIpc) is 3.27. The molecule has 1 aromatic carbocycles. The van der Waals surface area contributed by atoms with Crippen LogP contribution in [0.15, 0.2) is 42.6 Å². The number of aromatic nitrogens is 3. The molecule has 0 radical (unpaired) electrons. The summed E-state index contributed by atoms with van der Waals surface area (Å²) in [5.74, 6) is 0.661. The maximum atomic E-state index is 13.4. The highest BCUT2D eigenvalue weighted by Gasteiger charge is 2.31. The number of likely N-dealkylation sites (tertiary alicyclic amines) is 1. The summed E-state index contributed by atoms with van der Waals surface area (Å²) >= 11 is 0. The molecule has 1 aliphatic rings. The lowest BCUT2D eigenvalue weighted by molar-refractivity contribution is 0.0790. The van der Waals surface area contributed by atoms with Gasteiger partial charge in [0.25, 0.3) is 5.91 Å². The summed E-state index contributed by atoms with van der Waals surface area (Å²) < 4.78 is 15.6. The maximum Gasteiger partial charge on any atom is 0.253 e. The summed E-state index contributed by atoms with van der Waals surface area (Å²) in [6.45, 7) is 4.25. The lowest BCUT2D eigenvalue weighted by atomic mass is 10.1. The summed E-state index contributed by atoms with van der Waals surface area (Å²) in [4.78, 5) is 23.8. The van der Waals surface area contributed by atoms with Crippen LogP contribution < -0.4 is 0 Å². The molecule has 1 fully saturated rings. The Morgan fingerprint density at radius 3 is 3.00 bits per heavy atom. The van der Waals surface area contributed by atoms with Crippen LogP contribution in [0.2, 0.25) is 0 Å². The van der Waals surface area contributed by atoms with Crippen molar-refractivity contribution in [2.45, 2.75) is 32.2 Å². The minimum absolute atomic E-state index is 0.122. The lowest BCUT2D eigenvalue weighted by Gasteiger charge is -2.17. The van der Waals surface area contributed by atoms with Gasteiger partial charge in [0.15, 0.2) is 5.65 Å². The van der Waals surface area contributed by atoms with E-state index in [1.165, 1.54) is 12.1 Å². The first kappa shape index (κ1) is 16.7. The van der Waals surface area contributed by atoms with Crippen LogP contribution in [0.1, 0.15) is 41.9 Å². The molecule has 6 heteroatoms. The van der Waals surface area contributed by atoms with E-state index in [4.69, 9.17) is 4.98 Å². The predicted octanol–water partition coefficient (Wildman–Crippen LogP) is 3.61. The van der Waals surface area contributed by atoms with E-state index in [0.29, 0.717) is 18.7 Å². The molecule has 0 spiro atoms. The Labute approximate surface area is 151 Å². The molecule has 0 N–H and O–H groups in total. The summed E-state index contributed by atoms with van der Waals surface area (Å²) in [6, 6.07) is 9.75. The zero-order valence-corrected chi connectivity index (χ0v) is 14.7. The molecule has 2 aromatic heterocycles. The summed E-state index contributed by atoms with van der Waals surface area (Å²) in [5.41, 5.74) is 2.19. The first-order chi connectivity index (χ1) is 12.7. The third-order valence-electron chi connectivity index (χ3n) is 4.89. The molecule has 134 valence electrons. The number of fused-ring (bicyclic) bond motifs is 1. The summed E-state index contributed by atoms with van der Waals surface area (Å²) in [7, 11) is 0. The largest absolute Gasteiger partial charge is 0.338 e. The number of carbonyl (C=O) groups is 1. The van der Waals surface area contributed by atoms with Crippen LogP contribution >= 0.6 is 0 Å². The Bertz CT molecular complexity index is 952. The number of carbonyl (C=O) groups excluding carboxylic acids is 1. The standard InChI is InChI=1S/C20H21FN4O/c1-2-10-25-18(23-17-7-4-9-22-19(17)25)15-8-11-24(13-15)20(26)14-5-3-6-16(21)12-14/h3-7,9,12,15H,2,8,10-11,13H2,1H3. The van der Waals surface area contributed by atoms with Gasteiger partial charge in [-0.05, 0) is 43.2 Å². The molecule has 4 rings (SSSR count). The molecular weight excluding hydrogens is 331 g/mol. The first-order valence-electron chi connectivity index (χ1n) is 9.03. The van der Waals surface area contributed by atoms with Gasteiger partial charge in [0.2, 0.25) is 0 Å². The Hall–Kier alpha value is -2.76. The Morgan fingerprint density at radius 1 is 1.31 bits per heavy atom. The Kier molecular flexibility index (Phi) is 4.41. The van der Waals surface area contributed by atoms with Crippen molar-refractivity contribution < 1.29 is 9.18 Å². The normalized spacial score (nSPS) is 17.2. The number of rotatable bonds is 4. The lowest BCUT2D eigenvalue weighted by Crippen LogP contribution is -2.28. The molecule has 3 aromatic rings. The van der Waals surface area contributed by atoms with Crippen molar-refractivity contribution in [3.63, 3.8) is 0 Å². The highest BCUT2D eigenvalue weighted by molar-refractivity contribution is 5.94. The van der Waals surface area contributed by atoms with Gasteiger partial charge in [0.1, 0.15) is 17.2 Å². The Morgan fingerprint density at radius 2 is 2.19 bits per heavy atom. The molecule has 5 nitrogen and oxygen atoms in total. The van der Waals surface area contributed by atoms with E-state index < -0.39 is 0 Å². The molecule has 1 aliphatic heterocycles. The van der Waals surface area contributed by atoms with E-state index in [0.717, 1.165) is 36.4 Å². The topological polar surface area (TPSA) is 51.0 Å². The maximum absolute atomic E-state index is 13.4. The van der Waals surface area contributed by atoms with Gasteiger partial charge in [0.05, 0.1) is 0 Å². The summed E-state index contributed by atoms with van der Waals surface area (Å²) in [6.07, 6.45) is 3.64. The summed E-state index contributed by atoms with van der Waals surface area (Å²) in [5, 5.41) is 0. The fourth-order valence-corrected chi connectivity index (χ4v) is 3.69. The highest BCUT2D eigenvalue weighted by Crippen LogP contribution is 2.30. The SMILES string of the molecule is CCCn1c(C2CCN(C(=O)c3cccc(F)c3)C2)nc2cccnc21. The number of benzene rings is 1. The van der Waals surface area contributed by atoms with Crippen LogP contribution in [-0.2, 0) is 6.54 Å². The second-order valence-corrected chi connectivity index (χ2v) is 6.71. The second-order valence-electron chi connectivity index (χ2n) is 6.71. The van der Waals surface area contributed by atoms with Crippen molar-refractivity contribution >= 4 is 17.1 Å². The molecule has 26 heavy (non-hydrogen) atoms. The highest BCUT2D eigenvalue weighted by atomic mass is 19.1. The zero-order chi connectivity index (χ0) is 18.1. The monoisotopic (exact) mass is 352 g/mol. The number of hydrogen-bond donors (Lipinski definition) is 0. The Balaban J connectivity index is 1.60. The number of hydrogen-bond acceptors (Lipinski definition) is 3. The van der Waals surface area contributed by atoms with Gasteiger partial charge in [-0.15, -0.1) is 0 Å². The van der Waals surface area contributed by atoms with Crippen LogP contribution in [0.4, 0.5) is 4.39 Å². The molecule has 0 bridgehead atoms. The van der Waals surface area contributed by atoms with E-state index in [1.54, 1.807) is 23.2 Å². The van der Waals surface area contributed by atoms with Crippen LogP contribution in [0, 0.1) is 5.82 Å². The van der Waals surface area contributed by atoms with Crippen molar-refractivity contribution in [3.05, 3.63) is 59.8 Å². The fourth-order valence-electron chi connectivity index (χ4n) is 3.69. The fraction of sp³-hybridized carbons (Fsp3) is 0.350. The van der Waals surface area contributed by atoms with Crippen molar-refractivity contribution in [2.24, 2.45) is 0 Å². The number of pyridine rings is 1.